The summed E-state index contributed by atoms with van der Waals surface area (Å²) in [5.41, 5.74) is 2.07. The van der Waals surface area contributed by atoms with Crippen LogP contribution in [0, 0.1) is 6.92 Å². The Hall–Kier alpha value is -1.18. The maximum Gasteiger partial charge on any atom is 0.161 e. The number of aromatic hydroxyl groups is 1. The zero-order chi connectivity index (χ0) is 9.84. The minimum atomic E-state index is 0.263. The number of benzene rings is 1. The third-order valence-corrected chi connectivity index (χ3v) is 2.03. The van der Waals surface area contributed by atoms with E-state index >= 15 is 0 Å². The van der Waals surface area contributed by atoms with Gasteiger partial charge in [-0.25, -0.2) is 0 Å². The van der Waals surface area contributed by atoms with Crippen LogP contribution in [0.25, 0.3) is 0 Å². The SMILES string of the molecule is CCOc1cc(CC)cc(C)c1O. The van der Waals surface area contributed by atoms with E-state index in [0.29, 0.717) is 12.4 Å². The molecule has 0 saturated carbocycles. The molecule has 0 aromatic heterocycles. The number of phenols is 1. The van der Waals surface area contributed by atoms with Crippen molar-refractivity contribution in [1.82, 2.24) is 0 Å². The van der Waals surface area contributed by atoms with Gasteiger partial charge in [0.2, 0.25) is 0 Å². The molecule has 0 unspecified atom stereocenters. The van der Waals surface area contributed by atoms with Gasteiger partial charge in [-0.3, -0.25) is 0 Å². The summed E-state index contributed by atoms with van der Waals surface area (Å²) >= 11 is 0. The Morgan fingerprint density at radius 2 is 2.00 bits per heavy atom. The molecule has 0 amide bonds. The van der Waals surface area contributed by atoms with Crippen molar-refractivity contribution in [2.45, 2.75) is 27.2 Å². The Labute approximate surface area is 79.2 Å². The van der Waals surface area contributed by atoms with Crippen molar-refractivity contribution in [3.05, 3.63) is 23.3 Å². The third kappa shape index (κ3) is 2.14. The topological polar surface area (TPSA) is 29.5 Å². The molecule has 0 saturated heterocycles. The Morgan fingerprint density at radius 3 is 2.54 bits per heavy atom. The summed E-state index contributed by atoms with van der Waals surface area (Å²) in [5, 5.41) is 9.62. The highest BCUT2D eigenvalue weighted by molar-refractivity contribution is 5.47. The Bertz CT molecular complexity index is 292. The molecule has 0 atom stereocenters. The second kappa shape index (κ2) is 4.17. The first-order valence-corrected chi connectivity index (χ1v) is 4.64. The minimum absolute atomic E-state index is 0.263. The Balaban J connectivity index is 3.09. The van der Waals surface area contributed by atoms with Gasteiger partial charge < -0.3 is 9.84 Å². The molecule has 72 valence electrons. The molecule has 1 aromatic rings. The van der Waals surface area contributed by atoms with Gasteiger partial charge in [0.05, 0.1) is 6.61 Å². The third-order valence-electron chi connectivity index (χ3n) is 2.03. The summed E-state index contributed by atoms with van der Waals surface area (Å²) in [6, 6.07) is 3.88. The fourth-order valence-corrected chi connectivity index (χ4v) is 1.29. The number of ether oxygens (including phenoxy) is 1. The molecule has 0 heterocycles. The van der Waals surface area contributed by atoms with Gasteiger partial charge in [-0.1, -0.05) is 13.0 Å². The van der Waals surface area contributed by atoms with Crippen LogP contribution in [0.5, 0.6) is 11.5 Å². The van der Waals surface area contributed by atoms with E-state index in [9.17, 15) is 5.11 Å². The van der Waals surface area contributed by atoms with E-state index in [2.05, 4.69) is 6.92 Å². The molecule has 1 rings (SSSR count). The highest BCUT2D eigenvalue weighted by Gasteiger charge is 2.06. The molecule has 0 spiro atoms. The zero-order valence-corrected chi connectivity index (χ0v) is 8.42. The number of hydrogen-bond donors (Lipinski definition) is 1. The molecule has 1 N–H and O–H groups in total. The van der Waals surface area contributed by atoms with Crippen molar-refractivity contribution in [3.8, 4) is 11.5 Å². The maximum absolute atomic E-state index is 9.62. The monoisotopic (exact) mass is 180 g/mol. The van der Waals surface area contributed by atoms with Crippen LogP contribution in [0.15, 0.2) is 12.1 Å². The van der Waals surface area contributed by atoms with Gasteiger partial charge in [0.25, 0.3) is 0 Å². The second-order valence-corrected chi connectivity index (χ2v) is 3.05. The fraction of sp³-hybridized carbons (Fsp3) is 0.455. The van der Waals surface area contributed by atoms with Crippen LogP contribution in [-0.4, -0.2) is 11.7 Å². The largest absolute Gasteiger partial charge is 0.504 e. The normalized spacial score (nSPS) is 10.1. The predicted octanol–water partition coefficient (Wildman–Crippen LogP) is 2.66. The molecule has 0 aliphatic carbocycles. The van der Waals surface area contributed by atoms with Crippen molar-refractivity contribution < 1.29 is 9.84 Å². The molecule has 13 heavy (non-hydrogen) atoms. The smallest absolute Gasteiger partial charge is 0.161 e. The molecule has 0 aliphatic rings. The lowest BCUT2D eigenvalue weighted by Gasteiger charge is -2.09. The first-order valence-electron chi connectivity index (χ1n) is 4.64. The highest BCUT2D eigenvalue weighted by atomic mass is 16.5. The highest BCUT2D eigenvalue weighted by Crippen LogP contribution is 2.31. The van der Waals surface area contributed by atoms with E-state index in [1.54, 1.807) is 0 Å². The van der Waals surface area contributed by atoms with Gasteiger partial charge in [-0.05, 0) is 37.5 Å². The molecule has 0 fully saturated rings. The van der Waals surface area contributed by atoms with E-state index in [4.69, 9.17) is 4.74 Å². The molecule has 0 aliphatic heterocycles. The summed E-state index contributed by atoms with van der Waals surface area (Å²) in [4.78, 5) is 0. The minimum Gasteiger partial charge on any atom is -0.504 e. The second-order valence-electron chi connectivity index (χ2n) is 3.05. The lowest BCUT2D eigenvalue weighted by atomic mass is 10.1. The van der Waals surface area contributed by atoms with Crippen molar-refractivity contribution in [3.63, 3.8) is 0 Å². The number of rotatable bonds is 3. The predicted molar refractivity (Wildman–Crippen MR) is 53.4 cm³/mol. The van der Waals surface area contributed by atoms with E-state index < -0.39 is 0 Å². The van der Waals surface area contributed by atoms with Crippen LogP contribution in [-0.2, 0) is 6.42 Å². The number of phenolic OH excluding ortho intramolecular Hbond substituents is 1. The molecule has 0 radical (unpaired) electrons. The summed E-state index contributed by atoms with van der Waals surface area (Å²) < 4.78 is 5.31. The van der Waals surface area contributed by atoms with Crippen molar-refractivity contribution in [1.29, 1.82) is 0 Å². The van der Waals surface area contributed by atoms with Crippen LogP contribution in [0.4, 0.5) is 0 Å². The van der Waals surface area contributed by atoms with Gasteiger partial charge in [0.15, 0.2) is 11.5 Å². The average molecular weight is 180 g/mol. The summed E-state index contributed by atoms with van der Waals surface area (Å²) in [6.45, 7) is 6.46. The zero-order valence-electron chi connectivity index (χ0n) is 8.42. The van der Waals surface area contributed by atoms with Crippen LogP contribution >= 0.6 is 0 Å². The number of hydrogen-bond acceptors (Lipinski definition) is 2. The van der Waals surface area contributed by atoms with E-state index in [0.717, 1.165) is 12.0 Å². The van der Waals surface area contributed by atoms with Crippen LogP contribution in [0.2, 0.25) is 0 Å². The Kier molecular flexibility index (Phi) is 3.18. The summed E-state index contributed by atoms with van der Waals surface area (Å²) in [5.74, 6) is 0.860. The van der Waals surface area contributed by atoms with Crippen molar-refractivity contribution in [2.75, 3.05) is 6.61 Å². The lowest BCUT2D eigenvalue weighted by molar-refractivity contribution is 0.317. The van der Waals surface area contributed by atoms with Gasteiger partial charge in [0.1, 0.15) is 0 Å². The lowest BCUT2D eigenvalue weighted by Crippen LogP contribution is -1.94. The summed E-state index contributed by atoms with van der Waals surface area (Å²) in [7, 11) is 0. The van der Waals surface area contributed by atoms with Crippen LogP contribution in [0.3, 0.4) is 0 Å². The standard InChI is InChI=1S/C11H16O2/c1-4-9-6-8(3)11(12)10(7-9)13-5-2/h6-7,12H,4-5H2,1-3H3. The van der Waals surface area contributed by atoms with Gasteiger partial charge in [0, 0.05) is 0 Å². The van der Waals surface area contributed by atoms with Crippen LogP contribution < -0.4 is 4.74 Å². The van der Waals surface area contributed by atoms with Gasteiger partial charge in [-0.2, -0.15) is 0 Å². The fourth-order valence-electron chi connectivity index (χ4n) is 1.29. The van der Waals surface area contributed by atoms with Gasteiger partial charge in [-0.15, -0.1) is 0 Å². The van der Waals surface area contributed by atoms with Gasteiger partial charge >= 0.3 is 0 Å². The maximum atomic E-state index is 9.62. The quantitative estimate of drug-likeness (QED) is 0.774. The molecule has 2 nitrogen and oxygen atoms in total. The van der Waals surface area contributed by atoms with Crippen LogP contribution in [0.1, 0.15) is 25.0 Å². The molecule has 1 aromatic carbocycles. The first-order chi connectivity index (χ1) is 6.19. The number of aryl methyl sites for hydroxylation is 2. The first kappa shape index (κ1) is 9.90. The molecular formula is C11H16O2. The van der Waals surface area contributed by atoms with E-state index in [1.165, 1.54) is 5.56 Å². The van der Waals surface area contributed by atoms with Crippen molar-refractivity contribution in [2.24, 2.45) is 0 Å². The van der Waals surface area contributed by atoms with E-state index in [-0.39, 0.29) is 5.75 Å². The average Bonchev–Trinajstić information content (AvgIpc) is 2.13. The van der Waals surface area contributed by atoms with E-state index in [1.807, 2.05) is 26.0 Å². The van der Waals surface area contributed by atoms with Crippen molar-refractivity contribution >= 4 is 0 Å². The Morgan fingerprint density at radius 1 is 1.31 bits per heavy atom. The molecular weight excluding hydrogens is 164 g/mol. The molecule has 0 bridgehead atoms. The molecule has 2 heteroatoms. The summed E-state index contributed by atoms with van der Waals surface area (Å²) in [6.07, 6.45) is 0.960.